The lowest BCUT2D eigenvalue weighted by Crippen LogP contribution is -2.33. The Balaban J connectivity index is 1.59. The van der Waals surface area contributed by atoms with Crippen molar-refractivity contribution in [2.75, 3.05) is 6.61 Å². The Labute approximate surface area is 167 Å². The van der Waals surface area contributed by atoms with Crippen LogP contribution in [0.15, 0.2) is 65.1 Å². The molecule has 0 saturated carbocycles. The number of hydrogen-bond acceptors (Lipinski definition) is 6. The van der Waals surface area contributed by atoms with Gasteiger partial charge >= 0.3 is 0 Å². The molecule has 0 amide bonds. The Hall–Kier alpha value is -2.99. The Kier molecular flexibility index (Phi) is 4.20. The molecule has 5 rings (SSSR count). The first-order valence-corrected chi connectivity index (χ1v) is 10.2. The van der Waals surface area contributed by atoms with E-state index in [1.54, 1.807) is 17.4 Å². The number of rotatable bonds is 4. The molecule has 28 heavy (non-hydrogen) atoms. The number of hydrazone groups is 1. The summed E-state index contributed by atoms with van der Waals surface area (Å²) in [7, 11) is 0. The lowest BCUT2D eigenvalue weighted by Gasteiger charge is -2.38. The maximum Gasteiger partial charge on any atom is 0.214 e. The molecule has 0 saturated heterocycles. The lowest BCUT2D eigenvalue weighted by molar-refractivity contribution is -0.0191. The summed E-state index contributed by atoms with van der Waals surface area (Å²) < 4.78 is 11.9. The van der Waals surface area contributed by atoms with Crippen molar-refractivity contribution in [1.82, 2.24) is 5.01 Å². The Morgan fingerprint density at radius 2 is 2.11 bits per heavy atom. The zero-order chi connectivity index (χ0) is 19.1. The molecule has 0 radical (unpaired) electrons. The number of phenols is 1. The van der Waals surface area contributed by atoms with E-state index in [0.29, 0.717) is 12.4 Å². The van der Waals surface area contributed by atoms with E-state index >= 15 is 0 Å². The van der Waals surface area contributed by atoms with Gasteiger partial charge < -0.3 is 14.6 Å². The molecule has 142 valence electrons. The number of thiophene rings is 1. The van der Waals surface area contributed by atoms with E-state index in [0.717, 1.165) is 29.0 Å². The van der Waals surface area contributed by atoms with Gasteiger partial charge in [0.05, 0.1) is 23.2 Å². The molecule has 0 aliphatic carbocycles. The van der Waals surface area contributed by atoms with Crippen molar-refractivity contribution in [1.29, 1.82) is 0 Å². The second kappa shape index (κ2) is 6.87. The highest BCUT2D eigenvalue weighted by Crippen LogP contribution is 2.48. The summed E-state index contributed by atoms with van der Waals surface area (Å²) in [5.41, 5.74) is 3.13. The standard InChI is InChI=1S/C22H20N2O3S/c1-2-26-20-12-14(9-10-18(20)25)22-24-17(15-6-3-4-7-19(15)27-22)13-16(23-24)21-8-5-11-28-21/h3-12,17,22,25H,2,13H2,1H3/t17-,22-/m0/s1. The van der Waals surface area contributed by atoms with Crippen molar-refractivity contribution in [2.45, 2.75) is 25.6 Å². The molecule has 3 aromatic rings. The van der Waals surface area contributed by atoms with Crippen molar-refractivity contribution >= 4 is 17.0 Å². The van der Waals surface area contributed by atoms with Crippen LogP contribution in [0.25, 0.3) is 0 Å². The second-order valence-corrected chi connectivity index (χ2v) is 7.74. The maximum atomic E-state index is 10.1. The topological polar surface area (TPSA) is 54.3 Å². The average Bonchev–Trinajstić information content (AvgIpc) is 3.39. The molecule has 2 aromatic carbocycles. The number of para-hydroxylation sites is 1. The van der Waals surface area contributed by atoms with Crippen LogP contribution in [0.1, 0.15) is 41.6 Å². The third kappa shape index (κ3) is 2.81. The van der Waals surface area contributed by atoms with E-state index in [-0.39, 0.29) is 18.0 Å². The number of ether oxygens (including phenoxy) is 2. The van der Waals surface area contributed by atoms with Gasteiger partial charge in [0.1, 0.15) is 5.75 Å². The van der Waals surface area contributed by atoms with Gasteiger partial charge in [-0.05, 0) is 42.6 Å². The van der Waals surface area contributed by atoms with Crippen molar-refractivity contribution in [3.05, 3.63) is 76.0 Å². The number of nitrogens with zero attached hydrogens (tertiary/aromatic N) is 2. The molecular weight excluding hydrogens is 372 g/mol. The van der Waals surface area contributed by atoms with Gasteiger partial charge in [-0.2, -0.15) is 5.10 Å². The van der Waals surface area contributed by atoms with E-state index in [1.807, 2.05) is 42.3 Å². The Bertz CT molecular complexity index is 1030. The molecule has 0 spiro atoms. The van der Waals surface area contributed by atoms with Gasteiger partial charge in [0, 0.05) is 17.5 Å². The van der Waals surface area contributed by atoms with Crippen LogP contribution in [0.4, 0.5) is 0 Å². The van der Waals surface area contributed by atoms with E-state index in [9.17, 15) is 5.11 Å². The summed E-state index contributed by atoms with van der Waals surface area (Å²) in [4.78, 5) is 1.19. The number of phenolic OH excluding ortho intramolecular Hbond substituents is 1. The first-order chi connectivity index (χ1) is 13.7. The highest BCUT2D eigenvalue weighted by molar-refractivity contribution is 7.12. The van der Waals surface area contributed by atoms with Gasteiger partial charge in [-0.25, -0.2) is 5.01 Å². The first-order valence-electron chi connectivity index (χ1n) is 9.35. The van der Waals surface area contributed by atoms with Gasteiger partial charge in [-0.3, -0.25) is 0 Å². The maximum absolute atomic E-state index is 10.1. The molecule has 5 nitrogen and oxygen atoms in total. The minimum Gasteiger partial charge on any atom is -0.504 e. The van der Waals surface area contributed by atoms with Gasteiger partial charge in [0.15, 0.2) is 11.5 Å². The SMILES string of the molecule is CCOc1cc([C@@H]2Oc3ccccc3[C@@H]3CC(c4cccs4)=NN32)ccc1O. The Morgan fingerprint density at radius 3 is 2.93 bits per heavy atom. The van der Waals surface area contributed by atoms with Gasteiger partial charge in [0.25, 0.3) is 0 Å². The molecule has 2 aliphatic rings. The van der Waals surface area contributed by atoms with Crippen LogP contribution in [0.3, 0.4) is 0 Å². The van der Waals surface area contributed by atoms with E-state index in [1.165, 1.54) is 4.88 Å². The molecule has 0 unspecified atom stereocenters. The van der Waals surface area contributed by atoms with Crippen LogP contribution in [0, 0.1) is 0 Å². The largest absolute Gasteiger partial charge is 0.504 e. The summed E-state index contributed by atoms with van der Waals surface area (Å²) in [5, 5.41) is 19.1. The molecule has 0 bridgehead atoms. The molecule has 0 fully saturated rings. The van der Waals surface area contributed by atoms with Crippen molar-refractivity contribution in [3.8, 4) is 17.2 Å². The van der Waals surface area contributed by atoms with Crippen LogP contribution in [0.2, 0.25) is 0 Å². The number of aromatic hydroxyl groups is 1. The molecule has 2 atom stereocenters. The van der Waals surface area contributed by atoms with Crippen LogP contribution < -0.4 is 9.47 Å². The van der Waals surface area contributed by atoms with E-state index in [2.05, 4.69) is 23.6 Å². The number of benzene rings is 2. The summed E-state index contributed by atoms with van der Waals surface area (Å²) >= 11 is 1.70. The fraction of sp³-hybridized carbons (Fsp3) is 0.227. The lowest BCUT2D eigenvalue weighted by atomic mass is 9.97. The average molecular weight is 392 g/mol. The predicted molar refractivity (Wildman–Crippen MR) is 109 cm³/mol. The smallest absolute Gasteiger partial charge is 0.214 e. The van der Waals surface area contributed by atoms with Gasteiger partial charge in [-0.1, -0.05) is 24.3 Å². The molecule has 2 aliphatic heterocycles. The highest BCUT2D eigenvalue weighted by atomic mass is 32.1. The fourth-order valence-corrected chi connectivity index (χ4v) is 4.52. The zero-order valence-electron chi connectivity index (χ0n) is 15.4. The van der Waals surface area contributed by atoms with Crippen LogP contribution in [-0.2, 0) is 0 Å². The van der Waals surface area contributed by atoms with Crippen molar-refractivity contribution in [2.24, 2.45) is 5.10 Å². The third-order valence-corrected chi connectivity index (χ3v) is 5.99. The minimum absolute atomic E-state index is 0.122. The van der Waals surface area contributed by atoms with Crippen LogP contribution in [-0.4, -0.2) is 22.4 Å². The van der Waals surface area contributed by atoms with E-state index in [4.69, 9.17) is 14.6 Å². The molecular formula is C22H20N2O3S. The quantitative estimate of drug-likeness (QED) is 0.672. The fourth-order valence-electron chi connectivity index (χ4n) is 3.80. The van der Waals surface area contributed by atoms with Gasteiger partial charge in [-0.15, -0.1) is 11.3 Å². The van der Waals surface area contributed by atoms with E-state index < -0.39 is 0 Å². The van der Waals surface area contributed by atoms with Crippen molar-refractivity contribution < 1.29 is 14.6 Å². The first kappa shape index (κ1) is 17.1. The molecule has 1 N–H and O–H groups in total. The molecule has 1 aromatic heterocycles. The highest BCUT2D eigenvalue weighted by Gasteiger charge is 2.41. The summed E-state index contributed by atoms with van der Waals surface area (Å²) in [5.74, 6) is 1.46. The number of fused-ring (bicyclic) bond motifs is 3. The minimum atomic E-state index is -0.378. The van der Waals surface area contributed by atoms with Crippen LogP contribution >= 0.6 is 11.3 Å². The van der Waals surface area contributed by atoms with Gasteiger partial charge in [0.2, 0.25) is 6.23 Å². The second-order valence-electron chi connectivity index (χ2n) is 6.79. The third-order valence-electron chi connectivity index (χ3n) is 5.07. The molecule has 6 heteroatoms. The Morgan fingerprint density at radius 1 is 1.21 bits per heavy atom. The monoisotopic (exact) mass is 392 g/mol. The number of hydrogen-bond donors (Lipinski definition) is 1. The zero-order valence-corrected chi connectivity index (χ0v) is 16.2. The van der Waals surface area contributed by atoms with Crippen LogP contribution in [0.5, 0.6) is 17.2 Å². The van der Waals surface area contributed by atoms with Crippen molar-refractivity contribution in [3.63, 3.8) is 0 Å². The predicted octanol–water partition coefficient (Wildman–Crippen LogP) is 5.09. The molecule has 3 heterocycles. The summed E-state index contributed by atoms with van der Waals surface area (Å²) in [6.45, 7) is 2.38. The summed E-state index contributed by atoms with van der Waals surface area (Å²) in [6.07, 6.45) is 0.463. The normalized spacial score (nSPS) is 20.2. The summed E-state index contributed by atoms with van der Waals surface area (Å²) in [6, 6.07) is 17.8.